The number of halogens is 1. The number of hydrogen-bond donors (Lipinski definition) is 1. The first kappa shape index (κ1) is 11.7. The van der Waals surface area contributed by atoms with Crippen LogP contribution in [0.15, 0.2) is 18.2 Å². The molecule has 1 aliphatic rings. The predicted octanol–water partition coefficient (Wildman–Crippen LogP) is 3.18. The van der Waals surface area contributed by atoms with Gasteiger partial charge in [-0.3, -0.25) is 0 Å². The average molecular weight is 239 g/mol. The summed E-state index contributed by atoms with van der Waals surface area (Å²) in [4.78, 5) is 2.35. The van der Waals surface area contributed by atoms with E-state index < -0.39 is 0 Å². The molecule has 1 aliphatic carbocycles. The SMILES string of the molecule is CN(c1cc(Cl)ccc1CN)C1CCCC1. The van der Waals surface area contributed by atoms with Gasteiger partial charge in [0.05, 0.1) is 0 Å². The third-order valence-corrected chi connectivity index (χ3v) is 3.75. The van der Waals surface area contributed by atoms with Crippen LogP contribution in [-0.4, -0.2) is 13.1 Å². The quantitative estimate of drug-likeness (QED) is 0.877. The van der Waals surface area contributed by atoms with Crippen molar-refractivity contribution in [2.75, 3.05) is 11.9 Å². The van der Waals surface area contributed by atoms with Gasteiger partial charge >= 0.3 is 0 Å². The summed E-state index contributed by atoms with van der Waals surface area (Å²) in [6.45, 7) is 0.573. The van der Waals surface area contributed by atoms with Crippen LogP contribution < -0.4 is 10.6 Å². The second-order valence-electron chi connectivity index (χ2n) is 4.53. The van der Waals surface area contributed by atoms with Crippen molar-refractivity contribution in [3.8, 4) is 0 Å². The van der Waals surface area contributed by atoms with E-state index in [0.29, 0.717) is 12.6 Å². The van der Waals surface area contributed by atoms with Crippen LogP contribution in [-0.2, 0) is 6.54 Å². The summed E-state index contributed by atoms with van der Waals surface area (Å²) in [5, 5.41) is 0.789. The van der Waals surface area contributed by atoms with Crippen LogP contribution in [0.4, 0.5) is 5.69 Å². The summed E-state index contributed by atoms with van der Waals surface area (Å²) < 4.78 is 0. The van der Waals surface area contributed by atoms with Crippen molar-refractivity contribution in [3.63, 3.8) is 0 Å². The highest BCUT2D eigenvalue weighted by atomic mass is 35.5. The molecule has 88 valence electrons. The van der Waals surface area contributed by atoms with Gasteiger partial charge in [-0.15, -0.1) is 0 Å². The third-order valence-electron chi connectivity index (χ3n) is 3.52. The number of rotatable bonds is 3. The Morgan fingerprint density at radius 3 is 2.69 bits per heavy atom. The Bertz CT molecular complexity index is 359. The predicted molar refractivity (Wildman–Crippen MR) is 70.0 cm³/mol. The molecule has 0 aliphatic heterocycles. The van der Waals surface area contributed by atoms with Crippen LogP contribution in [0.3, 0.4) is 0 Å². The Labute approximate surface area is 102 Å². The van der Waals surface area contributed by atoms with E-state index >= 15 is 0 Å². The molecule has 1 aromatic rings. The second-order valence-corrected chi connectivity index (χ2v) is 4.96. The molecule has 2 N–H and O–H groups in total. The summed E-state index contributed by atoms with van der Waals surface area (Å²) in [6, 6.07) is 6.63. The zero-order valence-corrected chi connectivity index (χ0v) is 10.5. The Balaban J connectivity index is 2.26. The number of nitrogens with two attached hydrogens (primary N) is 1. The van der Waals surface area contributed by atoms with Crippen molar-refractivity contribution < 1.29 is 0 Å². The van der Waals surface area contributed by atoms with Crippen LogP contribution in [0.5, 0.6) is 0 Å². The lowest BCUT2D eigenvalue weighted by molar-refractivity contribution is 0.650. The highest BCUT2D eigenvalue weighted by Crippen LogP contribution is 2.30. The Morgan fingerprint density at radius 1 is 1.38 bits per heavy atom. The molecule has 0 heterocycles. The first-order valence-electron chi connectivity index (χ1n) is 5.93. The Morgan fingerprint density at radius 2 is 2.06 bits per heavy atom. The fourth-order valence-electron chi connectivity index (χ4n) is 2.53. The lowest BCUT2D eigenvalue weighted by atomic mass is 10.1. The molecule has 0 amide bonds. The minimum absolute atomic E-state index is 0.573. The molecule has 0 unspecified atom stereocenters. The first-order valence-corrected chi connectivity index (χ1v) is 6.31. The minimum atomic E-state index is 0.573. The third kappa shape index (κ3) is 2.33. The molecular formula is C13H19ClN2. The van der Waals surface area contributed by atoms with Crippen molar-refractivity contribution in [2.45, 2.75) is 38.3 Å². The molecule has 1 aromatic carbocycles. The van der Waals surface area contributed by atoms with Gasteiger partial charge in [-0.1, -0.05) is 30.5 Å². The maximum atomic E-state index is 6.06. The summed E-state index contributed by atoms with van der Waals surface area (Å²) in [7, 11) is 2.15. The topological polar surface area (TPSA) is 29.3 Å². The van der Waals surface area contributed by atoms with Crippen molar-refractivity contribution in [2.24, 2.45) is 5.73 Å². The monoisotopic (exact) mass is 238 g/mol. The first-order chi connectivity index (χ1) is 7.72. The number of hydrogen-bond acceptors (Lipinski definition) is 2. The van der Waals surface area contributed by atoms with Crippen LogP contribution >= 0.6 is 11.6 Å². The van der Waals surface area contributed by atoms with Gasteiger partial charge < -0.3 is 10.6 Å². The normalized spacial score (nSPS) is 16.7. The lowest BCUT2D eigenvalue weighted by Crippen LogP contribution is -2.29. The molecule has 1 saturated carbocycles. The van der Waals surface area contributed by atoms with Gasteiger partial charge in [0.25, 0.3) is 0 Å². The van der Waals surface area contributed by atoms with Gasteiger partial charge in [-0.25, -0.2) is 0 Å². The fourth-order valence-corrected chi connectivity index (χ4v) is 2.69. The maximum absolute atomic E-state index is 6.06. The van der Waals surface area contributed by atoms with E-state index in [1.165, 1.54) is 36.9 Å². The molecule has 0 atom stereocenters. The van der Waals surface area contributed by atoms with Gasteiger partial charge in [-0.2, -0.15) is 0 Å². The summed E-state index contributed by atoms with van der Waals surface area (Å²) in [5.74, 6) is 0. The molecule has 0 radical (unpaired) electrons. The van der Waals surface area contributed by atoms with Crippen LogP contribution in [0, 0.1) is 0 Å². The van der Waals surface area contributed by atoms with Gasteiger partial charge in [0.15, 0.2) is 0 Å². The van der Waals surface area contributed by atoms with Crippen molar-refractivity contribution in [1.29, 1.82) is 0 Å². The smallest absolute Gasteiger partial charge is 0.0426 e. The second kappa shape index (κ2) is 5.07. The Hall–Kier alpha value is -0.730. The molecule has 0 bridgehead atoms. The minimum Gasteiger partial charge on any atom is -0.371 e. The van der Waals surface area contributed by atoms with Gasteiger partial charge in [0, 0.05) is 30.3 Å². The molecular weight excluding hydrogens is 220 g/mol. The molecule has 0 spiro atoms. The van der Waals surface area contributed by atoms with E-state index in [9.17, 15) is 0 Å². The van der Waals surface area contributed by atoms with E-state index in [2.05, 4.69) is 11.9 Å². The molecule has 0 saturated heterocycles. The molecule has 2 nitrogen and oxygen atoms in total. The highest BCUT2D eigenvalue weighted by Gasteiger charge is 2.21. The van der Waals surface area contributed by atoms with E-state index in [1.807, 2.05) is 18.2 Å². The highest BCUT2D eigenvalue weighted by molar-refractivity contribution is 6.30. The summed E-state index contributed by atoms with van der Waals surface area (Å²) in [6.07, 6.45) is 5.25. The molecule has 16 heavy (non-hydrogen) atoms. The Kier molecular flexibility index (Phi) is 3.72. The van der Waals surface area contributed by atoms with E-state index in [-0.39, 0.29) is 0 Å². The van der Waals surface area contributed by atoms with E-state index in [1.54, 1.807) is 0 Å². The fraction of sp³-hybridized carbons (Fsp3) is 0.538. The van der Waals surface area contributed by atoms with E-state index in [0.717, 1.165) is 5.02 Å². The standard InChI is InChI=1S/C13H19ClN2/c1-16(12-4-2-3-5-12)13-8-11(14)7-6-10(13)9-15/h6-8,12H,2-5,9,15H2,1H3. The molecule has 3 heteroatoms. The van der Waals surface area contributed by atoms with Crippen LogP contribution in [0.2, 0.25) is 5.02 Å². The van der Waals surface area contributed by atoms with Gasteiger partial charge in [0.2, 0.25) is 0 Å². The molecule has 0 aromatic heterocycles. The van der Waals surface area contributed by atoms with Crippen molar-refractivity contribution in [1.82, 2.24) is 0 Å². The largest absolute Gasteiger partial charge is 0.371 e. The summed E-state index contributed by atoms with van der Waals surface area (Å²) >= 11 is 6.06. The summed E-state index contributed by atoms with van der Waals surface area (Å²) in [5.41, 5.74) is 8.14. The number of benzene rings is 1. The zero-order valence-electron chi connectivity index (χ0n) is 9.75. The molecule has 1 fully saturated rings. The average Bonchev–Trinajstić information content (AvgIpc) is 2.81. The maximum Gasteiger partial charge on any atom is 0.0426 e. The van der Waals surface area contributed by atoms with E-state index in [4.69, 9.17) is 17.3 Å². The number of anilines is 1. The van der Waals surface area contributed by atoms with Crippen molar-refractivity contribution >= 4 is 17.3 Å². The lowest BCUT2D eigenvalue weighted by Gasteiger charge is -2.28. The van der Waals surface area contributed by atoms with Gasteiger partial charge in [0.1, 0.15) is 0 Å². The van der Waals surface area contributed by atoms with Gasteiger partial charge in [-0.05, 0) is 30.5 Å². The number of nitrogens with zero attached hydrogens (tertiary/aromatic N) is 1. The zero-order chi connectivity index (χ0) is 11.5. The van der Waals surface area contributed by atoms with Crippen LogP contribution in [0.25, 0.3) is 0 Å². The van der Waals surface area contributed by atoms with Crippen LogP contribution in [0.1, 0.15) is 31.2 Å². The molecule has 2 rings (SSSR count). The van der Waals surface area contributed by atoms with Crippen molar-refractivity contribution in [3.05, 3.63) is 28.8 Å².